The molecule has 1 fully saturated rings. The predicted octanol–water partition coefficient (Wildman–Crippen LogP) is 3.14. The Bertz CT molecular complexity index is 1310. The Labute approximate surface area is 184 Å². The molecule has 0 spiro atoms. The van der Waals surface area contributed by atoms with Crippen LogP contribution in [0.1, 0.15) is 18.7 Å². The van der Waals surface area contributed by atoms with E-state index in [-0.39, 0.29) is 17.5 Å². The molecule has 0 bridgehead atoms. The van der Waals surface area contributed by atoms with Gasteiger partial charge in [0.1, 0.15) is 18.2 Å². The maximum absolute atomic E-state index is 14.2. The molecular weight excluding hydrogens is 409 g/mol. The number of hydrogen-bond donors (Lipinski definition) is 1. The molecule has 164 valence electrons. The lowest BCUT2D eigenvalue weighted by Gasteiger charge is -2.32. The van der Waals surface area contributed by atoms with Crippen LogP contribution in [0.25, 0.3) is 16.6 Å². The van der Waals surface area contributed by atoms with Gasteiger partial charge in [-0.15, -0.1) is 0 Å². The molecule has 4 aromatic rings. The summed E-state index contributed by atoms with van der Waals surface area (Å²) in [6.45, 7) is 1.65. The molecule has 0 aliphatic carbocycles. The summed E-state index contributed by atoms with van der Waals surface area (Å²) in [7, 11) is 0. The molecule has 7 nitrogen and oxygen atoms in total. The summed E-state index contributed by atoms with van der Waals surface area (Å²) in [6, 6.07) is 16.2. The van der Waals surface area contributed by atoms with Crippen LogP contribution in [0.4, 0.5) is 4.39 Å². The Morgan fingerprint density at radius 3 is 2.62 bits per heavy atom. The molecular formula is C24H24FN5O2. The Morgan fingerprint density at radius 2 is 1.81 bits per heavy atom. The number of piperidine rings is 1. The summed E-state index contributed by atoms with van der Waals surface area (Å²) in [4.78, 5) is 27.0. The number of hydrogen-bond acceptors (Lipinski definition) is 3. The number of likely N-dealkylation sites (tertiary alicyclic amines) is 1. The van der Waals surface area contributed by atoms with Crippen molar-refractivity contribution in [1.82, 2.24) is 24.2 Å². The lowest BCUT2D eigenvalue weighted by Crippen LogP contribution is -2.40. The van der Waals surface area contributed by atoms with Crippen LogP contribution in [-0.4, -0.2) is 43.2 Å². The number of benzene rings is 2. The molecule has 32 heavy (non-hydrogen) atoms. The molecule has 3 heterocycles. The van der Waals surface area contributed by atoms with Gasteiger partial charge in [-0.25, -0.2) is 18.9 Å². The van der Waals surface area contributed by atoms with Crippen LogP contribution in [0, 0.1) is 11.7 Å². The molecule has 1 aliphatic rings. The summed E-state index contributed by atoms with van der Waals surface area (Å²) in [5.41, 5.74) is 0.810. The first-order valence-electron chi connectivity index (χ1n) is 10.8. The van der Waals surface area contributed by atoms with Gasteiger partial charge in [-0.05, 0) is 48.4 Å². The zero-order valence-electron chi connectivity index (χ0n) is 17.6. The van der Waals surface area contributed by atoms with Gasteiger partial charge in [0.2, 0.25) is 5.91 Å². The first kappa shape index (κ1) is 20.2. The van der Waals surface area contributed by atoms with Gasteiger partial charge in [-0.3, -0.25) is 4.79 Å². The highest BCUT2D eigenvalue weighted by molar-refractivity contribution is 5.83. The van der Waals surface area contributed by atoms with Gasteiger partial charge < -0.3 is 9.47 Å². The number of H-pyrrole nitrogens is 1. The highest BCUT2D eigenvalue weighted by Gasteiger charge is 2.25. The maximum atomic E-state index is 14.2. The molecule has 1 N–H and O–H groups in total. The van der Waals surface area contributed by atoms with Gasteiger partial charge in [-0.2, -0.15) is 5.10 Å². The number of para-hydroxylation sites is 2. The minimum atomic E-state index is -0.463. The Hall–Kier alpha value is -3.68. The van der Waals surface area contributed by atoms with E-state index in [9.17, 15) is 14.0 Å². The molecule has 1 aliphatic heterocycles. The van der Waals surface area contributed by atoms with Gasteiger partial charge in [0.25, 0.3) is 0 Å². The summed E-state index contributed by atoms with van der Waals surface area (Å²) >= 11 is 0. The largest absolute Gasteiger partial charge is 0.348 e. The number of amides is 1. The van der Waals surface area contributed by atoms with Crippen molar-refractivity contribution in [3.63, 3.8) is 0 Å². The number of carbonyl (C=O) groups excluding carboxylic acids is 1. The van der Waals surface area contributed by atoms with Crippen molar-refractivity contribution >= 4 is 16.8 Å². The van der Waals surface area contributed by atoms with Crippen molar-refractivity contribution in [3.8, 4) is 5.69 Å². The van der Waals surface area contributed by atoms with Crippen molar-refractivity contribution in [2.45, 2.75) is 25.8 Å². The third kappa shape index (κ3) is 3.84. The van der Waals surface area contributed by atoms with Crippen LogP contribution in [0.15, 0.2) is 65.6 Å². The van der Waals surface area contributed by atoms with Crippen LogP contribution in [0.5, 0.6) is 0 Å². The molecule has 0 saturated carbocycles. The van der Waals surface area contributed by atoms with E-state index in [1.54, 1.807) is 18.2 Å². The van der Waals surface area contributed by atoms with E-state index < -0.39 is 11.5 Å². The minimum Gasteiger partial charge on any atom is -0.341 e. The number of rotatable bonds is 5. The maximum Gasteiger partial charge on any atom is 0.348 e. The van der Waals surface area contributed by atoms with E-state index >= 15 is 0 Å². The van der Waals surface area contributed by atoms with E-state index in [1.807, 2.05) is 46.0 Å². The van der Waals surface area contributed by atoms with Gasteiger partial charge in [0, 0.05) is 31.2 Å². The SMILES string of the molecule is O=C(Cn1ccc2ccccc21)N1CCC(Cc2n[nH]c(=O)n2-c2ccccc2F)CC1. The molecule has 5 rings (SSSR count). The predicted molar refractivity (Wildman–Crippen MR) is 119 cm³/mol. The van der Waals surface area contributed by atoms with Gasteiger partial charge in [0.15, 0.2) is 0 Å². The van der Waals surface area contributed by atoms with E-state index in [2.05, 4.69) is 10.2 Å². The van der Waals surface area contributed by atoms with Crippen LogP contribution in [0.3, 0.4) is 0 Å². The Balaban J connectivity index is 1.23. The molecule has 8 heteroatoms. The van der Waals surface area contributed by atoms with Crippen molar-refractivity contribution in [3.05, 3.63) is 82.9 Å². The standard InChI is InChI=1S/C24H24FN5O2/c25-19-6-2-4-8-21(19)30-22(26-27-24(30)32)15-17-9-12-28(13-10-17)23(31)16-29-14-11-18-5-1-3-7-20(18)29/h1-8,11,14,17H,9-10,12-13,15-16H2,(H,27,32). The number of nitrogens with zero attached hydrogens (tertiary/aromatic N) is 4. The summed E-state index contributed by atoms with van der Waals surface area (Å²) in [6.07, 6.45) is 4.14. The summed E-state index contributed by atoms with van der Waals surface area (Å²) in [5, 5.41) is 7.70. The van der Waals surface area contributed by atoms with Crippen molar-refractivity contribution < 1.29 is 9.18 Å². The van der Waals surface area contributed by atoms with Crippen molar-refractivity contribution in [2.24, 2.45) is 5.92 Å². The number of nitrogens with one attached hydrogen (secondary N) is 1. The fourth-order valence-electron chi connectivity index (χ4n) is 4.52. The lowest BCUT2D eigenvalue weighted by molar-refractivity contribution is -0.133. The second-order valence-electron chi connectivity index (χ2n) is 8.26. The highest BCUT2D eigenvalue weighted by atomic mass is 19.1. The lowest BCUT2D eigenvalue weighted by atomic mass is 9.93. The monoisotopic (exact) mass is 433 g/mol. The fraction of sp³-hybridized carbons (Fsp3) is 0.292. The highest BCUT2D eigenvalue weighted by Crippen LogP contribution is 2.23. The van der Waals surface area contributed by atoms with Gasteiger partial charge in [0.05, 0.1) is 5.69 Å². The average Bonchev–Trinajstić information content (AvgIpc) is 3.38. The topological polar surface area (TPSA) is 75.9 Å². The molecule has 0 radical (unpaired) electrons. The number of halogens is 1. The number of fused-ring (bicyclic) bond motifs is 1. The van der Waals surface area contributed by atoms with Crippen molar-refractivity contribution in [2.75, 3.05) is 13.1 Å². The number of carbonyl (C=O) groups is 1. The summed E-state index contributed by atoms with van der Waals surface area (Å²) in [5.74, 6) is 0.430. The van der Waals surface area contributed by atoms with Crippen molar-refractivity contribution in [1.29, 1.82) is 0 Å². The van der Waals surface area contributed by atoms with Crippen LogP contribution in [0.2, 0.25) is 0 Å². The number of aromatic nitrogens is 4. The third-order valence-electron chi connectivity index (χ3n) is 6.26. The summed E-state index contributed by atoms with van der Waals surface area (Å²) < 4.78 is 17.5. The second-order valence-corrected chi connectivity index (χ2v) is 8.26. The zero-order chi connectivity index (χ0) is 22.1. The van der Waals surface area contributed by atoms with Crippen LogP contribution < -0.4 is 5.69 Å². The van der Waals surface area contributed by atoms with Gasteiger partial charge in [-0.1, -0.05) is 30.3 Å². The van der Waals surface area contributed by atoms with E-state index in [0.717, 1.165) is 23.7 Å². The van der Waals surface area contributed by atoms with E-state index in [4.69, 9.17) is 0 Å². The average molecular weight is 433 g/mol. The molecule has 0 atom stereocenters. The number of aromatic amines is 1. The second kappa shape index (κ2) is 8.45. The van der Waals surface area contributed by atoms with Crippen LogP contribution >= 0.6 is 0 Å². The molecule has 1 saturated heterocycles. The Kier molecular flexibility index (Phi) is 5.34. The third-order valence-corrected chi connectivity index (χ3v) is 6.26. The minimum absolute atomic E-state index is 0.104. The quantitative estimate of drug-likeness (QED) is 0.525. The van der Waals surface area contributed by atoms with Crippen LogP contribution in [-0.2, 0) is 17.8 Å². The van der Waals surface area contributed by atoms with E-state index in [1.165, 1.54) is 10.6 Å². The van der Waals surface area contributed by atoms with E-state index in [0.29, 0.717) is 31.9 Å². The zero-order valence-corrected chi connectivity index (χ0v) is 17.6. The molecule has 2 aromatic carbocycles. The first-order valence-corrected chi connectivity index (χ1v) is 10.8. The molecule has 2 aromatic heterocycles. The fourth-order valence-corrected chi connectivity index (χ4v) is 4.52. The Morgan fingerprint density at radius 1 is 1.06 bits per heavy atom. The normalized spacial score (nSPS) is 14.8. The molecule has 1 amide bonds. The first-order chi connectivity index (χ1) is 15.6. The molecule has 0 unspecified atom stereocenters. The van der Waals surface area contributed by atoms with Gasteiger partial charge >= 0.3 is 5.69 Å². The smallest absolute Gasteiger partial charge is 0.341 e.